The van der Waals surface area contributed by atoms with Crippen molar-refractivity contribution in [1.82, 2.24) is 5.32 Å². The summed E-state index contributed by atoms with van der Waals surface area (Å²) < 4.78 is 5.92. The number of nitrogens with one attached hydrogen (secondary N) is 2. The molecule has 0 radical (unpaired) electrons. The van der Waals surface area contributed by atoms with Crippen LogP contribution in [-0.2, 0) is 9.53 Å². The molecule has 1 aromatic carbocycles. The largest absolute Gasteiger partial charge is 0.377 e. The number of aryl methyl sites for hydroxylation is 2. The smallest absolute Gasteiger partial charge is 0.239 e. The van der Waals surface area contributed by atoms with Crippen LogP contribution in [0.1, 0.15) is 36.8 Å². The van der Waals surface area contributed by atoms with Gasteiger partial charge in [0.25, 0.3) is 0 Å². The van der Waals surface area contributed by atoms with Gasteiger partial charge in [-0.25, -0.2) is 0 Å². The Morgan fingerprint density at radius 3 is 2.70 bits per heavy atom. The van der Waals surface area contributed by atoms with E-state index in [-0.39, 0.29) is 11.3 Å². The number of para-hydroxylation sites is 1. The molecule has 2 N–H and O–H groups in total. The highest BCUT2D eigenvalue weighted by atomic mass is 16.5. The van der Waals surface area contributed by atoms with Gasteiger partial charge in [-0.3, -0.25) is 4.79 Å². The van der Waals surface area contributed by atoms with Crippen LogP contribution in [0.5, 0.6) is 0 Å². The van der Waals surface area contributed by atoms with Crippen LogP contribution in [0, 0.1) is 25.2 Å². The molecule has 0 unspecified atom stereocenters. The van der Waals surface area contributed by atoms with E-state index in [0.717, 1.165) is 18.7 Å². The summed E-state index contributed by atoms with van der Waals surface area (Å²) in [5.41, 5.74) is 3.70. The Kier molecular flexibility index (Phi) is 3.60. The van der Waals surface area contributed by atoms with E-state index in [2.05, 4.69) is 36.6 Å². The molecule has 2 aliphatic carbocycles. The molecule has 124 valence electrons. The van der Waals surface area contributed by atoms with Crippen LogP contribution in [0.15, 0.2) is 18.2 Å². The number of hydrogen-bond donors (Lipinski definition) is 2. The maximum atomic E-state index is 12.4. The molecule has 1 aliphatic heterocycles. The summed E-state index contributed by atoms with van der Waals surface area (Å²) in [7, 11) is 0. The lowest BCUT2D eigenvalue weighted by Gasteiger charge is -2.63. The molecule has 1 amide bonds. The van der Waals surface area contributed by atoms with Crippen molar-refractivity contribution in [3.63, 3.8) is 0 Å². The van der Waals surface area contributed by atoms with E-state index in [4.69, 9.17) is 4.74 Å². The molecule has 3 atom stereocenters. The fourth-order valence-corrected chi connectivity index (χ4v) is 4.94. The summed E-state index contributed by atoms with van der Waals surface area (Å²) in [5.74, 6) is 0.647. The summed E-state index contributed by atoms with van der Waals surface area (Å²) in [6.07, 6.45) is 5.21. The van der Waals surface area contributed by atoms with Gasteiger partial charge in [0.1, 0.15) is 0 Å². The molecule has 1 saturated heterocycles. The van der Waals surface area contributed by atoms with E-state index in [9.17, 15) is 4.79 Å². The number of benzene rings is 1. The van der Waals surface area contributed by atoms with Crippen LogP contribution >= 0.6 is 0 Å². The topological polar surface area (TPSA) is 50.4 Å². The average molecular weight is 314 g/mol. The standard InChI is InChI=1S/C19H26N2O2/c1-12-5-3-6-13(2)16(12)20-11-15(22)21-17-14-7-10-23-18(14)19(17)8-4-9-19/h3,5-6,14,17-18,20H,4,7-11H2,1-2H3,(H,21,22)/t14-,17-,18-/m1/s1. The van der Waals surface area contributed by atoms with Gasteiger partial charge < -0.3 is 15.4 Å². The van der Waals surface area contributed by atoms with Crippen LogP contribution in [0.2, 0.25) is 0 Å². The average Bonchev–Trinajstić information content (AvgIpc) is 2.88. The number of rotatable bonds is 4. The van der Waals surface area contributed by atoms with Gasteiger partial charge in [0.2, 0.25) is 5.91 Å². The highest BCUT2D eigenvalue weighted by Crippen LogP contribution is 2.62. The number of hydrogen-bond acceptors (Lipinski definition) is 3. The molecule has 3 fully saturated rings. The first-order chi connectivity index (χ1) is 11.1. The summed E-state index contributed by atoms with van der Waals surface area (Å²) in [6.45, 7) is 5.35. The number of ether oxygens (including phenoxy) is 1. The van der Waals surface area contributed by atoms with E-state index in [1.54, 1.807) is 0 Å². The van der Waals surface area contributed by atoms with Crippen molar-refractivity contribution in [3.8, 4) is 0 Å². The lowest BCUT2D eigenvalue weighted by Crippen LogP contribution is -2.72. The van der Waals surface area contributed by atoms with E-state index in [1.165, 1.54) is 30.4 Å². The summed E-state index contributed by atoms with van der Waals surface area (Å²) in [5, 5.41) is 6.62. The number of anilines is 1. The van der Waals surface area contributed by atoms with Gasteiger partial charge in [-0.15, -0.1) is 0 Å². The zero-order chi connectivity index (χ0) is 16.0. The van der Waals surface area contributed by atoms with Crippen molar-refractivity contribution < 1.29 is 9.53 Å². The van der Waals surface area contributed by atoms with Crippen LogP contribution in [-0.4, -0.2) is 31.2 Å². The Morgan fingerprint density at radius 1 is 1.30 bits per heavy atom. The van der Waals surface area contributed by atoms with Crippen LogP contribution < -0.4 is 10.6 Å². The lowest BCUT2D eigenvalue weighted by molar-refractivity contribution is -0.178. The zero-order valence-corrected chi connectivity index (χ0v) is 14.0. The molecule has 23 heavy (non-hydrogen) atoms. The highest BCUT2D eigenvalue weighted by Gasteiger charge is 2.66. The second-order valence-corrected chi connectivity index (χ2v) is 7.50. The highest BCUT2D eigenvalue weighted by molar-refractivity contribution is 5.82. The summed E-state index contributed by atoms with van der Waals surface area (Å²) in [4.78, 5) is 12.4. The molecule has 2 saturated carbocycles. The van der Waals surface area contributed by atoms with Gasteiger partial charge in [0.15, 0.2) is 0 Å². The molecule has 4 rings (SSSR count). The maximum absolute atomic E-state index is 12.4. The minimum atomic E-state index is 0.106. The number of amides is 1. The zero-order valence-electron chi connectivity index (χ0n) is 14.0. The van der Waals surface area contributed by atoms with Crippen LogP contribution in [0.4, 0.5) is 5.69 Å². The molecule has 0 bridgehead atoms. The van der Waals surface area contributed by atoms with Gasteiger partial charge in [-0.05, 0) is 44.2 Å². The molecule has 4 heteroatoms. The minimum absolute atomic E-state index is 0.106. The monoisotopic (exact) mass is 314 g/mol. The van der Waals surface area contributed by atoms with Crippen molar-refractivity contribution in [1.29, 1.82) is 0 Å². The second-order valence-electron chi connectivity index (χ2n) is 7.50. The van der Waals surface area contributed by atoms with Gasteiger partial charge in [0, 0.05) is 29.7 Å². The predicted octanol–water partition coefficient (Wildman–Crippen LogP) is 2.79. The second kappa shape index (κ2) is 5.52. The van der Waals surface area contributed by atoms with E-state index < -0.39 is 0 Å². The van der Waals surface area contributed by atoms with Crippen LogP contribution in [0.3, 0.4) is 0 Å². The third-order valence-corrected chi connectivity index (χ3v) is 6.26. The Balaban J connectivity index is 1.37. The Hall–Kier alpha value is -1.55. The minimum Gasteiger partial charge on any atom is -0.377 e. The van der Waals surface area contributed by atoms with Gasteiger partial charge >= 0.3 is 0 Å². The van der Waals surface area contributed by atoms with Gasteiger partial charge in [-0.2, -0.15) is 0 Å². The first kappa shape index (κ1) is 15.0. The quantitative estimate of drug-likeness (QED) is 0.898. The predicted molar refractivity (Wildman–Crippen MR) is 90.5 cm³/mol. The fourth-order valence-electron chi connectivity index (χ4n) is 4.94. The third kappa shape index (κ3) is 2.26. The Bertz CT molecular complexity index is 604. The summed E-state index contributed by atoms with van der Waals surface area (Å²) >= 11 is 0. The first-order valence-electron chi connectivity index (χ1n) is 8.83. The molecular weight excluding hydrogens is 288 g/mol. The van der Waals surface area contributed by atoms with Crippen molar-refractivity contribution in [2.24, 2.45) is 11.3 Å². The molecule has 1 aromatic rings. The normalized spacial score (nSPS) is 30.3. The molecule has 0 aromatic heterocycles. The van der Waals surface area contributed by atoms with Crippen molar-refractivity contribution in [2.75, 3.05) is 18.5 Å². The summed E-state index contributed by atoms with van der Waals surface area (Å²) in [6, 6.07) is 6.52. The molecular formula is C19H26N2O2. The van der Waals surface area contributed by atoms with E-state index >= 15 is 0 Å². The third-order valence-electron chi connectivity index (χ3n) is 6.26. The Morgan fingerprint density at radius 2 is 2.04 bits per heavy atom. The first-order valence-corrected chi connectivity index (χ1v) is 8.83. The molecule has 4 nitrogen and oxygen atoms in total. The maximum Gasteiger partial charge on any atom is 0.239 e. The van der Waals surface area contributed by atoms with Crippen LogP contribution in [0.25, 0.3) is 0 Å². The van der Waals surface area contributed by atoms with E-state index in [0.29, 0.717) is 24.6 Å². The Labute approximate surface area is 138 Å². The van der Waals surface area contributed by atoms with Crippen molar-refractivity contribution in [3.05, 3.63) is 29.3 Å². The van der Waals surface area contributed by atoms with Crippen molar-refractivity contribution >= 4 is 11.6 Å². The van der Waals surface area contributed by atoms with Gasteiger partial charge in [0.05, 0.1) is 12.6 Å². The van der Waals surface area contributed by atoms with Crippen molar-refractivity contribution in [2.45, 2.75) is 51.7 Å². The SMILES string of the molecule is Cc1cccc(C)c1NCC(=O)N[C@@H]1[C@H]2CCO[C@H]2C12CCC2. The van der Waals surface area contributed by atoms with E-state index in [1.807, 2.05) is 6.07 Å². The molecule has 1 heterocycles. The van der Waals surface area contributed by atoms with Gasteiger partial charge in [-0.1, -0.05) is 24.6 Å². The molecule has 3 aliphatic rings. The number of carbonyl (C=O) groups excluding carboxylic acids is 1. The molecule has 1 spiro atoms. The number of fused-ring (bicyclic) bond motifs is 2. The fraction of sp³-hybridized carbons (Fsp3) is 0.632. The number of carbonyl (C=O) groups is 1. The lowest BCUT2D eigenvalue weighted by atomic mass is 9.46.